The van der Waals surface area contributed by atoms with Crippen LogP contribution in [0.4, 0.5) is 0 Å². The molecule has 1 rings (SSSR count). The summed E-state index contributed by atoms with van der Waals surface area (Å²) in [6, 6.07) is 7.33. The van der Waals surface area contributed by atoms with Crippen molar-refractivity contribution in [3.63, 3.8) is 0 Å². The number of benzene rings is 1. The van der Waals surface area contributed by atoms with Gasteiger partial charge >= 0.3 is 0 Å². The van der Waals surface area contributed by atoms with Crippen molar-refractivity contribution >= 4 is 19.9 Å². The summed E-state index contributed by atoms with van der Waals surface area (Å²) in [5.41, 5.74) is 0.731. The molecule has 0 heterocycles. The Morgan fingerprint density at radius 3 is 2.31 bits per heavy atom. The summed E-state index contributed by atoms with van der Waals surface area (Å²) < 4.78 is 5.84. The fourth-order valence-corrected chi connectivity index (χ4v) is 3.08. The number of halogens is 1. The van der Waals surface area contributed by atoms with Crippen LogP contribution in [0.3, 0.4) is 0 Å². The fourth-order valence-electron chi connectivity index (χ4n) is 1.59. The van der Waals surface area contributed by atoms with E-state index >= 15 is 0 Å². The molecule has 90 valence electrons. The van der Waals surface area contributed by atoms with Gasteiger partial charge in [0.15, 0.2) is 8.32 Å². The number of rotatable bonds is 4. The molecule has 0 aromatic heterocycles. The average molecular weight is 259 g/mol. The van der Waals surface area contributed by atoms with E-state index in [1.54, 1.807) is 6.07 Å². The van der Waals surface area contributed by atoms with Gasteiger partial charge in [-0.05, 0) is 32.6 Å². The topological polar surface area (TPSA) is 29.5 Å². The van der Waals surface area contributed by atoms with Crippen molar-refractivity contribution in [3.8, 4) is 0 Å². The molecule has 0 amide bonds. The summed E-state index contributed by atoms with van der Waals surface area (Å²) in [7, 11) is -1.64. The second kappa shape index (κ2) is 5.32. The van der Waals surface area contributed by atoms with Crippen LogP contribution in [-0.4, -0.2) is 19.5 Å². The van der Waals surface area contributed by atoms with E-state index in [-0.39, 0.29) is 6.10 Å². The first-order valence-electron chi connectivity index (χ1n) is 5.41. The van der Waals surface area contributed by atoms with Gasteiger partial charge in [-0.3, -0.25) is 0 Å². The Balaban J connectivity index is 2.78. The van der Waals surface area contributed by atoms with Gasteiger partial charge in [-0.25, -0.2) is 0 Å². The lowest BCUT2D eigenvalue weighted by Crippen LogP contribution is -2.33. The molecule has 0 aliphatic rings. The highest BCUT2D eigenvalue weighted by atomic mass is 35.5. The van der Waals surface area contributed by atoms with Crippen molar-refractivity contribution in [2.45, 2.75) is 38.8 Å². The van der Waals surface area contributed by atoms with E-state index in [0.29, 0.717) is 5.02 Å². The zero-order valence-corrected chi connectivity index (χ0v) is 12.0. The third kappa shape index (κ3) is 3.90. The molecular formula is C12H19ClO2Si. The molecule has 16 heavy (non-hydrogen) atoms. The Hall–Kier alpha value is -0.353. The fraction of sp³-hybridized carbons (Fsp3) is 0.500. The minimum Gasteiger partial charge on any atom is -0.412 e. The molecule has 0 bridgehead atoms. The van der Waals surface area contributed by atoms with Gasteiger partial charge in [-0.2, -0.15) is 0 Å². The van der Waals surface area contributed by atoms with Crippen LogP contribution in [-0.2, 0) is 4.43 Å². The summed E-state index contributed by atoms with van der Waals surface area (Å²) >= 11 is 6.03. The minimum atomic E-state index is -1.64. The van der Waals surface area contributed by atoms with E-state index in [0.717, 1.165) is 5.56 Å². The molecule has 0 radical (unpaired) electrons. The van der Waals surface area contributed by atoms with Crippen LogP contribution < -0.4 is 0 Å². The van der Waals surface area contributed by atoms with Crippen LogP contribution in [0.1, 0.15) is 18.6 Å². The summed E-state index contributed by atoms with van der Waals surface area (Å²) in [6.07, 6.45) is -0.896. The molecule has 0 aliphatic carbocycles. The highest BCUT2D eigenvalue weighted by Crippen LogP contribution is 2.27. The third-order valence-corrected chi connectivity index (χ3v) is 3.63. The molecule has 4 heteroatoms. The molecule has 0 unspecified atom stereocenters. The monoisotopic (exact) mass is 258 g/mol. The van der Waals surface area contributed by atoms with Crippen molar-refractivity contribution in [2.24, 2.45) is 0 Å². The van der Waals surface area contributed by atoms with Gasteiger partial charge in [0.05, 0.1) is 6.10 Å². The molecule has 1 aromatic carbocycles. The first-order chi connectivity index (χ1) is 7.31. The minimum absolute atomic E-state index is 0.230. The lowest BCUT2D eigenvalue weighted by atomic mass is 10.1. The summed E-state index contributed by atoms with van der Waals surface area (Å²) in [5, 5.41) is 10.7. The van der Waals surface area contributed by atoms with Crippen molar-refractivity contribution < 1.29 is 9.53 Å². The molecule has 0 spiro atoms. The van der Waals surface area contributed by atoms with Crippen LogP contribution in [0.2, 0.25) is 24.7 Å². The second-order valence-corrected chi connectivity index (χ2v) is 9.77. The first kappa shape index (κ1) is 13.7. The zero-order valence-electron chi connectivity index (χ0n) is 10.2. The van der Waals surface area contributed by atoms with E-state index in [4.69, 9.17) is 16.0 Å². The van der Waals surface area contributed by atoms with Gasteiger partial charge < -0.3 is 9.53 Å². The van der Waals surface area contributed by atoms with E-state index < -0.39 is 14.4 Å². The lowest BCUT2D eigenvalue weighted by molar-refractivity contribution is 0.0421. The maximum Gasteiger partial charge on any atom is 0.184 e. The molecule has 0 saturated carbocycles. The van der Waals surface area contributed by atoms with Crippen LogP contribution in [0.25, 0.3) is 0 Å². The smallest absolute Gasteiger partial charge is 0.184 e. The number of hydrogen-bond acceptors (Lipinski definition) is 2. The van der Waals surface area contributed by atoms with E-state index in [9.17, 15) is 5.11 Å². The predicted molar refractivity (Wildman–Crippen MR) is 70.3 cm³/mol. The zero-order chi connectivity index (χ0) is 12.3. The van der Waals surface area contributed by atoms with Crippen molar-refractivity contribution in [1.29, 1.82) is 0 Å². The van der Waals surface area contributed by atoms with Gasteiger partial charge in [0.2, 0.25) is 0 Å². The molecule has 1 N–H and O–H groups in total. The highest BCUT2D eigenvalue weighted by Gasteiger charge is 2.25. The Kier molecular flexibility index (Phi) is 4.56. The third-order valence-electron chi connectivity index (χ3n) is 2.21. The largest absolute Gasteiger partial charge is 0.412 e. The normalized spacial score (nSPS) is 15.9. The van der Waals surface area contributed by atoms with Crippen LogP contribution in [0, 0.1) is 0 Å². The summed E-state index contributed by atoms with van der Waals surface area (Å²) in [4.78, 5) is 0. The van der Waals surface area contributed by atoms with Gasteiger partial charge in [0.1, 0.15) is 6.10 Å². The molecule has 0 aliphatic heterocycles. The molecule has 2 nitrogen and oxygen atoms in total. The lowest BCUT2D eigenvalue weighted by Gasteiger charge is -2.27. The molecule has 2 atom stereocenters. The van der Waals surface area contributed by atoms with E-state index in [1.165, 1.54) is 0 Å². The Morgan fingerprint density at radius 1 is 1.25 bits per heavy atom. The first-order valence-corrected chi connectivity index (χ1v) is 9.20. The van der Waals surface area contributed by atoms with Gasteiger partial charge in [-0.1, -0.05) is 29.8 Å². The van der Waals surface area contributed by atoms with Crippen LogP contribution in [0.15, 0.2) is 24.3 Å². The quantitative estimate of drug-likeness (QED) is 0.836. The Morgan fingerprint density at radius 2 is 1.81 bits per heavy atom. The predicted octanol–water partition coefficient (Wildman–Crippen LogP) is 3.61. The average Bonchev–Trinajstić information content (AvgIpc) is 2.15. The maximum atomic E-state index is 10.1. The summed E-state index contributed by atoms with van der Waals surface area (Å²) in [5.74, 6) is 0. The second-order valence-electron chi connectivity index (χ2n) is 4.90. The van der Waals surface area contributed by atoms with E-state index in [1.807, 2.05) is 25.1 Å². The van der Waals surface area contributed by atoms with Gasteiger partial charge in [0.25, 0.3) is 0 Å². The maximum absolute atomic E-state index is 10.1. The van der Waals surface area contributed by atoms with Crippen LogP contribution >= 0.6 is 11.6 Å². The molecule has 0 fully saturated rings. The molecule has 1 aromatic rings. The number of aliphatic hydroxyl groups is 1. The SMILES string of the molecule is C[C@H](O[Si](C)(C)C)[C@@H](O)c1ccccc1Cl. The standard InChI is InChI=1S/C12H19ClO2Si/c1-9(15-16(2,3)4)12(14)10-7-5-6-8-11(10)13/h5-9,12,14H,1-4H3/t9-,12+/m0/s1. The van der Waals surface area contributed by atoms with Gasteiger partial charge in [0, 0.05) is 10.6 Å². The molecule has 0 saturated heterocycles. The van der Waals surface area contributed by atoms with Crippen LogP contribution in [0.5, 0.6) is 0 Å². The van der Waals surface area contributed by atoms with Gasteiger partial charge in [-0.15, -0.1) is 0 Å². The van der Waals surface area contributed by atoms with Crippen molar-refractivity contribution in [3.05, 3.63) is 34.9 Å². The summed E-state index contributed by atoms with van der Waals surface area (Å²) in [6.45, 7) is 8.18. The Bertz CT molecular complexity index is 349. The number of hydrogen-bond donors (Lipinski definition) is 1. The van der Waals surface area contributed by atoms with Crippen molar-refractivity contribution in [2.75, 3.05) is 0 Å². The molecular weight excluding hydrogens is 240 g/mol. The van der Waals surface area contributed by atoms with E-state index in [2.05, 4.69) is 19.6 Å². The highest BCUT2D eigenvalue weighted by molar-refractivity contribution is 6.69. The van der Waals surface area contributed by atoms with Crippen molar-refractivity contribution in [1.82, 2.24) is 0 Å². The Labute approximate surface area is 103 Å². The number of aliphatic hydroxyl groups excluding tert-OH is 1.